The molecule has 10 heteroatoms. The highest BCUT2D eigenvalue weighted by molar-refractivity contribution is 8.18. The molecular formula is C25H20Cl2N2O5S. The van der Waals surface area contributed by atoms with Crippen LogP contribution in [0.5, 0.6) is 5.75 Å². The maximum absolute atomic E-state index is 13.3. The second-order valence-electron chi connectivity index (χ2n) is 7.22. The number of halogens is 2. The molecule has 0 atom stereocenters. The minimum Gasteiger partial charge on any atom is -0.479 e. The van der Waals surface area contributed by atoms with Crippen LogP contribution in [0, 0.1) is 0 Å². The first-order valence-electron chi connectivity index (χ1n) is 10.6. The molecule has 2 aromatic carbocycles. The first-order chi connectivity index (χ1) is 16.9. The molecule has 4 rings (SSSR count). The van der Waals surface area contributed by atoms with Crippen molar-refractivity contribution in [3.8, 4) is 5.75 Å². The highest BCUT2D eigenvalue weighted by Crippen LogP contribution is 2.38. The second kappa shape index (κ2) is 11.5. The molecule has 0 aliphatic carbocycles. The van der Waals surface area contributed by atoms with E-state index in [4.69, 9.17) is 37.1 Å². The van der Waals surface area contributed by atoms with Crippen molar-refractivity contribution in [2.75, 3.05) is 13.2 Å². The topological polar surface area (TPSA) is 81.3 Å². The van der Waals surface area contributed by atoms with Crippen molar-refractivity contribution >= 4 is 63.8 Å². The Morgan fingerprint density at radius 1 is 1.14 bits per heavy atom. The van der Waals surface area contributed by atoms with Gasteiger partial charge in [-0.25, -0.2) is 9.79 Å². The molecule has 180 valence electrons. The van der Waals surface area contributed by atoms with E-state index >= 15 is 0 Å². The van der Waals surface area contributed by atoms with Crippen molar-refractivity contribution in [2.45, 2.75) is 13.5 Å². The fourth-order valence-corrected chi connectivity index (χ4v) is 4.80. The highest BCUT2D eigenvalue weighted by atomic mass is 35.5. The molecule has 1 aliphatic heterocycles. The zero-order valence-corrected chi connectivity index (χ0v) is 20.9. The number of thioether (sulfide) groups is 1. The molecule has 0 spiro atoms. The van der Waals surface area contributed by atoms with E-state index in [1.54, 1.807) is 48.4 Å². The summed E-state index contributed by atoms with van der Waals surface area (Å²) in [5.74, 6) is 0.0477. The molecule has 0 radical (unpaired) electrons. The first kappa shape index (κ1) is 24.9. The van der Waals surface area contributed by atoms with E-state index < -0.39 is 5.97 Å². The maximum atomic E-state index is 13.3. The van der Waals surface area contributed by atoms with Gasteiger partial charge in [0.05, 0.1) is 40.1 Å². The number of benzene rings is 2. The predicted molar refractivity (Wildman–Crippen MR) is 137 cm³/mol. The van der Waals surface area contributed by atoms with Gasteiger partial charge in [-0.3, -0.25) is 9.69 Å². The third kappa shape index (κ3) is 6.28. The molecule has 1 amide bonds. The average molecular weight is 531 g/mol. The number of rotatable bonds is 8. The van der Waals surface area contributed by atoms with Crippen molar-refractivity contribution in [1.29, 1.82) is 0 Å². The Balaban J connectivity index is 1.60. The van der Waals surface area contributed by atoms with E-state index in [0.29, 0.717) is 21.4 Å². The molecule has 1 aromatic heterocycles. The first-order valence-corrected chi connectivity index (χ1v) is 12.2. The van der Waals surface area contributed by atoms with Crippen molar-refractivity contribution in [1.82, 2.24) is 4.90 Å². The number of nitrogens with zero attached hydrogens (tertiary/aromatic N) is 2. The van der Waals surface area contributed by atoms with Gasteiger partial charge in [-0.05, 0) is 66.7 Å². The lowest BCUT2D eigenvalue weighted by atomic mass is 10.2. The lowest BCUT2D eigenvalue weighted by Crippen LogP contribution is -2.28. The fraction of sp³-hybridized carbons (Fsp3) is 0.160. The Morgan fingerprint density at radius 2 is 1.89 bits per heavy atom. The van der Waals surface area contributed by atoms with Crippen LogP contribution >= 0.6 is 35.0 Å². The van der Waals surface area contributed by atoms with Crippen LogP contribution < -0.4 is 4.74 Å². The van der Waals surface area contributed by atoms with Gasteiger partial charge in [0, 0.05) is 0 Å². The van der Waals surface area contributed by atoms with Crippen molar-refractivity contribution < 1.29 is 23.5 Å². The van der Waals surface area contributed by atoms with E-state index in [2.05, 4.69) is 4.99 Å². The van der Waals surface area contributed by atoms with Gasteiger partial charge in [0.25, 0.3) is 5.91 Å². The monoisotopic (exact) mass is 530 g/mol. The summed E-state index contributed by atoms with van der Waals surface area (Å²) >= 11 is 13.9. The molecule has 3 aromatic rings. The Labute approximate surface area is 216 Å². The van der Waals surface area contributed by atoms with Crippen LogP contribution in [0.1, 0.15) is 18.2 Å². The van der Waals surface area contributed by atoms with E-state index in [-0.39, 0.29) is 41.5 Å². The lowest BCUT2D eigenvalue weighted by molar-refractivity contribution is -0.145. The van der Waals surface area contributed by atoms with E-state index in [1.165, 1.54) is 11.8 Å². The quantitative estimate of drug-likeness (QED) is 0.250. The number of aliphatic imine (C=N–C) groups is 1. The van der Waals surface area contributed by atoms with Crippen molar-refractivity contribution in [3.63, 3.8) is 0 Å². The number of furan rings is 1. The van der Waals surface area contributed by atoms with Gasteiger partial charge in [-0.1, -0.05) is 41.4 Å². The van der Waals surface area contributed by atoms with Crippen LogP contribution in [0.3, 0.4) is 0 Å². The molecule has 35 heavy (non-hydrogen) atoms. The number of carbonyl (C=O) groups excluding carboxylic acids is 2. The third-order valence-corrected chi connectivity index (χ3v) is 6.29. The van der Waals surface area contributed by atoms with Gasteiger partial charge in [0.2, 0.25) is 0 Å². The van der Waals surface area contributed by atoms with Gasteiger partial charge >= 0.3 is 5.97 Å². The minimum atomic E-state index is -0.527. The van der Waals surface area contributed by atoms with Gasteiger partial charge in [-0.15, -0.1) is 0 Å². The second-order valence-corrected chi connectivity index (χ2v) is 9.04. The molecule has 1 aliphatic rings. The van der Waals surface area contributed by atoms with Crippen LogP contribution in [-0.4, -0.2) is 35.2 Å². The Bertz CT molecular complexity index is 1250. The van der Waals surface area contributed by atoms with E-state index in [1.807, 2.05) is 30.3 Å². The van der Waals surface area contributed by atoms with Crippen LogP contribution in [0.2, 0.25) is 10.0 Å². The number of hydrogen-bond acceptors (Lipinski definition) is 7. The van der Waals surface area contributed by atoms with Gasteiger partial charge in [0.15, 0.2) is 17.5 Å². The van der Waals surface area contributed by atoms with Crippen molar-refractivity contribution in [3.05, 3.63) is 87.1 Å². The molecule has 0 bridgehead atoms. The number of carbonyl (C=O) groups is 2. The largest absolute Gasteiger partial charge is 0.479 e. The number of ether oxygens (including phenoxy) is 2. The molecule has 0 N–H and O–H groups in total. The summed E-state index contributed by atoms with van der Waals surface area (Å²) in [6.45, 7) is 1.87. The average Bonchev–Trinajstić information content (AvgIpc) is 3.44. The third-order valence-electron chi connectivity index (χ3n) is 4.72. The van der Waals surface area contributed by atoms with Crippen LogP contribution in [0.4, 0.5) is 5.69 Å². The normalized spacial score (nSPS) is 15.7. The van der Waals surface area contributed by atoms with E-state index in [0.717, 1.165) is 5.69 Å². The summed E-state index contributed by atoms with van der Waals surface area (Å²) in [7, 11) is 0. The zero-order valence-electron chi connectivity index (χ0n) is 18.6. The molecule has 1 saturated heterocycles. The smallest absolute Gasteiger partial charge is 0.344 e. The highest BCUT2D eigenvalue weighted by Gasteiger charge is 2.34. The zero-order chi connectivity index (χ0) is 24.8. The summed E-state index contributed by atoms with van der Waals surface area (Å²) in [5.41, 5.74) is 1.32. The van der Waals surface area contributed by atoms with Gasteiger partial charge < -0.3 is 13.9 Å². The summed E-state index contributed by atoms with van der Waals surface area (Å²) < 4.78 is 15.7. The number of amides is 1. The van der Waals surface area contributed by atoms with Gasteiger partial charge in [0.1, 0.15) is 5.76 Å². The number of para-hydroxylation sites is 1. The summed E-state index contributed by atoms with van der Waals surface area (Å²) in [4.78, 5) is 31.5. The SMILES string of the molecule is CCOC(=O)COc1c(Cl)cc(/C=C2/SC(=Nc3ccccc3)N(Cc3ccco3)C2=O)cc1Cl. The molecule has 2 heterocycles. The minimum absolute atomic E-state index is 0.166. The Morgan fingerprint density at radius 3 is 2.54 bits per heavy atom. The standard InChI is InChI=1S/C25H20Cl2N2O5S/c1-2-32-22(30)15-34-23-19(26)11-16(12-20(23)27)13-21-24(31)29(14-18-9-6-10-33-18)25(35-21)28-17-7-4-3-5-8-17/h3-13H,2,14-15H2,1H3/b21-13+,28-25?. The van der Waals surface area contributed by atoms with Gasteiger partial charge in [-0.2, -0.15) is 0 Å². The predicted octanol–water partition coefficient (Wildman–Crippen LogP) is 6.33. The van der Waals surface area contributed by atoms with Crippen LogP contribution in [0.25, 0.3) is 6.08 Å². The molecule has 0 saturated carbocycles. The molecule has 0 unspecified atom stereocenters. The summed E-state index contributed by atoms with van der Waals surface area (Å²) in [5, 5.41) is 0.930. The number of hydrogen-bond donors (Lipinski definition) is 0. The number of esters is 1. The molecular weight excluding hydrogens is 511 g/mol. The van der Waals surface area contributed by atoms with Crippen LogP contribution in [-0.2, 0) is 20.9 Å². The molecule has 7 nitrogen and oxygen atoms in total. The van der Waals surface area contributed by atoms with E-state index in [9.17, 15) is 9.59 Å². The Hall–Kier alpha value is -3.20. The lowest BCUT2D eigenvalue weighted by Gasteiger charge is -2.13. The summed E-state index contributed by atoms with van der Waals surface area (Å²) in [6, 6.07) is 16.2. The molecule has 1 fully saturated rings. The van der Waals surface area contributed by atoms with Crippen molar-refractivity contribution in [2.24, 2.45) is 4.99 Å². The fourth-order valence-electron chi connectivity index (χ4n) is 3.19. The summed E-state index contributed by atoms with van der Waals surface area (Å²) in [6.07, 6.45) is 3.24. The van der Waals surface area contributed by atoms with Crippen LogP contribution in [0.15, 0.2) is 75.2 Å². The maximum Gasteiger partial charge on any atom is 0.344 e. The number of amidine groups is 1. The Kier molecular flexibility index (Phi) is 8.17.